The Balaban J connectivity index is 2.20. The van der Waals surface area contributed by atoms with Crippen LogP contribution in [-0.2, 0) is 28.5 Å². The highest BCUT2D eigenvalue weighted by molar-refractivity contribution is 6.32. The molecule has 17 heteroatoms. The van der Waals surface area contributed by atoms with E-state index in [1.807, 2.05) is 0 Å². The summed E-state index contributed by atoms with van der Waals surface area (Å²) in [5.41, 5.74) is -0.725. The molecular formula is C31H32Cl2F2N2O11. The first-order valence-electron chi connectivity index (χ1n) is 14.2. The fourth-order valence-electron chi connectivity index (χ4n) is 3.50. The summed E-state index contributed by atoms with van der Waals surface area (Å²) in [5, 5.41) is 3.25. The van der Waals surface area contributed by atoms with Crippen LogP contribution in [0, 0.1) is 11.6 Å². The molecule has 48 heavy (non-hydrogen) atoms. The number of benzene rings is 2. The van der Waals surface area contributed by atoms with Gasteiger partial charge in [-0.05, 0) is 50.0 Å². The van der Waals surface area contributed by atoms with E-state index in [0.717, 1.165) is 12.1 Å². The van der Waals surface area contributed by atoms with Gasteiger partial charge in [0.05, 0.1) is 34.6 Å². The van der Waals surface area contributed by atoms with Gasteiger partial charge in [-0.1, -0.05) is 50.2 Å². The molecule has 0 aliphatic rings. The summed E-state index contributed by atoms with van der Waals surface area (Å²) in [4.78, 5) is 61.9. The molecule has 0 aliphatic carbocycles. The number of hydrogen-bond acceptors (Lipinski definition) is 11. The second-order valence-corrected chi connectivity index (χ2v) is 10.1. The molecule has 0 saturated heterocycles. The van der Waals surface area contributed by atoms with E-state index < -0.39 is 87.0 Å². The average Bonchev–Trinajstić information content (AvgIpc) is 3.02. The molecule has 0 spiro atoms. The monoisotopic (exact) mass is 716 g/mol. The quantitative estimate of drug-likeness (QED) is 0.0850. The largest absolute Gasteiger partial charge is 0.519 e. The van der Waals surface area contributed by atoms with Gasteiger partial charge in [0, 0.05) is 12.1 Å². The Morgan fingerprint density at radius 2 is 1.04 bits per heavy atom. The summed E-state index contributed by atoms with van der Waals surface area (Å²) in [6, 6.07) is 3.02. The molecule has 2 aromatic carbocycles. The van der Waals surface area contributed by atoms with Gasteiger partial charge >= 0.3 is 30.3 Å². The Kier molecular flexibility index (Phi) is 15.1. The minimum atomic E-state index is -1.51. The smallest absolute Gasteiger partial charge is 0.463 e. The number of anilines is 2. The summed E-state index contributed by atoms with van der Waals surface area (Å²) in [5.74, 6) is -4.95. The number of amides is 2. The summed E-state index contributed by atoms with van der Waals surface area (Å²) in [6.07, 6.45) is -6.50. The van der Waals surface area contributed by atoms with E-state index in [1.165, 1.54) is 0 Å². The van der Waals surface area contributed by atoms with Crippen molar-refractivity contribution in [2.75, 3.05) is 23.8 Å². The second-order valence-electron chi connectivity index (χ2n) is 9.33. The summed E-state index contributed by atoms with van der Waals surface area (Å²) in [7, 11) is 0. The molecule has 0 saturated carbocycles. The Morgan fingerprint density at radius 3 is 1.35 bits per heavy atom. The number of rotatable bonds is 14. The molecule has 260 valence electrons. The van der Waals surface area contributed by atoms with Crippen molar-refractivity contribution in [3.8, 4) is 11.5 Å². The molecule has 2 amide bonds. The first-order valence-corrected chi connectivity index (χ1v) is 14.9. The Morgan fingerprint density at radius 1 is 0.688 bits per heavy atom. The van der Waals surface area contributed by atoms with Gasteiger partial charge in [0.2, 0.25) is 12.2 Å². The van der Waals surface area contributed by atoms with Crippen LogP contribution in [0.4, 0.5) is 34.5 Å². The third kappa shape index (κ3) is 11.1. The van der Waals surface area contributed by atoms with Gasteiger partial charge in [0.15, 0.2) is 11.5 Å². The van der Waals surface area contributed by atoms with Gasteiger partial charge in [-0.25, -0.2) is 32.8 Å². The zero-order valence-electron chi connectivity index (χ0n) is 26.2. The molecule has 0 fully saturated rings. The highest BCUT2D eigenvalue weighted by Gasteiger charge is 2.29. The summed E-state index contributed by atoms with van der Waals surface area (Å²) in [6.45, 7) is 13.8. The molecule has 0 radical (unpaired) electrons. The van der Waals surface area contributed by atoms with Crippen molar-refractivity contribution in [1.82, 2.24) is 0 Å². The SMILES string of the molecule is C=C(CC)C(OC(=O)Nc1cc(OC(=O)Oc2cc(NC(=O)OC(C(=C)CC)C(=O)OCC)c(F)cc2Cl)c(Cl)cc1F)C(=O)OCC. The van der Waals surface area contributed by atoms with Gasteiger partial charge in [-0.2, -0.15) is 0 Å². The molecule has 2 atom stereocenters. The number of carbonyl (C=O) groups excluding carboxylic acids is 5. The fraction of sp³-hybridized carbons (Fsp3) is 0.323. The van der Waals surface area contributed by atoms with Crippen molar-refractivity contribution in [3.63, 3.8) is 0 Å². The van der Waals surface area contributed by atoms with E-state index in [0.29, 0.717) is 12.1 Å². The Bertz CT molecular complexity index is 1470. The van der Waals surface area contributed by atoms with Crippen LogP contribution in [0.1, 0.15) is 40.5 Å². The van der Waals surface area contributed by atoms with Gasteiger partial charge in [0.1, 0.15) is 11.6 Å². The van der Waals surface area contributed by atoms with E-state index in [-0.39, 0.29) is 37.2 Å². The predicted molar refractivity (Wildman–Crippen MR) is 169 cm³/mol. The van der Waals surface area contributed by atoms with Crippen LogP contribution in [0.25, 0.3) is 0 Å². The van der Waals surface area contributed by atoms with Crippen molar-refractivity contribution in [2.45, 2.75) is 52.7 Å². The molecule has 13 nitrogen and oxygen atoms in total. The molecule has 2 rings (SSSR count). The predicted octanol–water partition coefficient (Wildman–Crippen LogP) is 7.74. The number of ether oxygens (including phenoxy) is 6. The van der Waals surface area contributed by atoms with Gasteiger partial charge in [-0.15, -0.1) is 0 Å². The third-order valence-electron chi connectivity index (χ3n) is 6.00. The number of carbonyl (C=O) groups is 5. The van der Waals surface area contributed by atoms with E-state index >= 15 is 0 Å². The Labute approximate surface area is 284 Å². The van der Waals surface area contributed by atoms with Gasteiger partial charge < -0.3 is 28.4 Å². The highest BCUT2D eigenvalue weighted by atomic mass is 35.5. The molecule has 0 aliphatic heterocycles. The molecular weight excluding hydrogens is 685 g/mol. The van der Waals surface area contributed by atoms with Crippen LogP contribution in [0.15, 0.2) is 48.6 Å². The van der Waals surface area contributed by atoms with E-state index in [4.69, 9.17) is 51.6 Å². The zero-order chi connectivity index (χ0) is 36.1. The fourth-order valence-corrected chi connectivity index (χ4v) is 3.88. The molecule has 0 aromatic heterocycles. The van der Waals surface area contributed by atoms with Crippen LogP contribution >= 0.6 is 23.2 Å². The number of nitrogens with one attached hydrogen (secondary N) is 2. The molecule has 0 heterocycles. The lowest BCUT2D eigenvalue weighted by molar-refractivity contribution is -0.151. The van der Waals surface area contributed by atoms with Crippen molar-refractivity contribution < 1.29 is 61.2 Å². The lowest BCUT2D eigenvalue weighted by atomic mass is 10.1. The molecule has 0 bridgehead atoms. The van der Waals surface area contributed by atoms with Crippen LogP contribution in [-0.4, -0.2) is 55.7 Å². The standard InChI is InChI=1S/C31H32Cl2F2N2O11/c1-7-15(5)25(27(38)43-9-3)47-29(40)36-21-13-23(17(32)11-19(21)34)45-31(42)46-24-14-22(20(35)12-18(24)33)37-30(41)48-26(16(6)8-2)28(39)44-10-4/h11-14,25-26H,5-10H2,1-4H3,(H,36,40)(H,37,41). The lowest BCUT2D eigenvalue weighted by Gasteiger charge is -2.18. The molecule has 2 N–H and O–H groups in total. The maximum absolute atomic E-state index is 14.6. The van der Waals surface area contributed by atoms with Crippen molar-refractivity contribution in [3.05, 3.63) is 70.2 Å². The van der Waals surface area contributed by atoms with Crippen molar-refractivity contribution in [2.24, 2.45) is 0 Å². The minimum Gasteiger partial charge on any atom is -0.463 e. The number of esters is 2. The molecule has 2 unspecified atom stereocenters. The lowest BCUT2D eigenvalue weighted by Crippen LogP contribution is -2.32. The first kappa shape index (κ1) is 39.3. The minimum absolute atomic E-state index is 0.000498. The van der Waals surface area contributed by atoms with Crippen LogP contribution in [0.3, 0.4) is 0 Å². The molecule has 2 aromatic rings. The number of hydrogen-bond donors (Lipinski definition) is 2. The second kappa shape index (κ2) is 18.4. The summed E-state index contributed by atoms with van der Waals surface area (Å²) < 4.78 is 59.1. The maximum Gasteiger partial charge on any atom is 0.519 e. The Hall–Kier alpha value is -4.89. The zero-order valence-corrected chi connectivity index (χ0v) is 27.7. The van der Waals surface area contributed by atoms with Crippen LogP contribution < -0.4 is 20.1 Å². The third-order valence-corrected chi connectivity index (χ3v) is 6.59. The van der Waals surface area contributed by atoms with E-state index in [2.05, 4.69) is 23.8 Å². The normalized spacial score (nSPS) is 11.7. The van der Waals surface area contributed by atoms with Crippen LogP contribution in [0.5, 0.6) is 11.5 Å². The topological polar surface area (TPSA) is 165 Å². The highest BCUT2D eigenvalue weighted by Crippen LogP contribution is 2.34. The summed E-state index contributed by atoms with van der Waals surface area (Å²) >= 11 is 12.0. The van der Waals surface area contributed by atoms with Crippen LogP contribution in [0.2, 0.25) is 10.0 Å². The first-order chi connectivity index (χ1) is 22.6. The van der Waals surface area contributed by atoms with E-state index in [9.17, 15) is 32.8 Å². The van der Waals surface area contributed by atoms with Crippen molar-refractivity contribution in [1.29, 1.82) is 0 Å². The maximum atomic E-state index is 14.6. The van der Waals surface area contributed by atoms with Gasteiger partial charge in [0.25, 0.3) is 0 Å². The van der Waals surface area contributed by atoms with E-state index in [1.54, 1.807) is 27.7 Å². The number of halogens is 4. The average molecular weight is 718 g/mol. The van der Waals surface area contributed by atoms with Crippen molar-refractivity contribution >= 4 is 64.9 Å². The van der Waals surface area contributed by atoms with Gasteiger partial charge in [-0.3, -0.25) is 10.6 Å².